The molecule has 2 aliphatic rings. The zero-order valence-corrected chi connectivity index (χ0v) is 19.6. The molecule has 0 amide bonds. The maximum absolute atomic E-state index is 4.81. The molecule has 154 valence electrons. The Morgan fingerprint density at radius 3 is 2.46 bits per heavy atom. The summed E-state index contributed by atoms with van der Waals surface area (Å²) in [4.78, 5) is 10.0. The summed E-state index contributed by atoms with van der Waals surface area (Å²) in [7, 11) is 0. The van der Waals surface area contributed by atoms with E-state index in [0.717, 1.165) is 38.2 Å². The summed E-state index contributed by atoms with van der Waals surface area (Å²) in [6.45, 7) is 14.5. The topological polar surface area (TPSA) is 42.9 Å². The molecule has 0 spiro atoms. The Bertz CT molecular complexity index is 380. The lowest BCUT2D eigenvalue weighted by atomic mass is 10.2. The smallest absolute Gasteiger partial charge is 0.191 e. The van der Waals surface area contributed by atoms with Crippen molar-refractivity contribution in [3.05, 3.63) is 0 Å². The van der Waals surface area contributed by atoms with Gasteiger partial charge in [-0.05, 0) is 58.7 Å². The Hall–Kier alpha value is -0.0800. The van der Waals surface area contributed by atoms with E-state index in [1.807, 2.05) is 0 Å². The van der Waals surface area contributed by atoms with Crippen molar-refractivity contribution in [3.8, 4) is 0 Å². The minimum absolute atomic E-state index is 0. The van der Waals surface area contributed by atoms with Crippen molar-refractivity contribution in [3.63, 3.8) is 0 Å². The average Bonchev–Trinajstić information content (AvgIpc) is 3.29. The Labute approximate surface area is 178 Å². The summed E-state index contributed by atoms with van der Waals surface area (Å²) in [6.07, 6.45) is 9.34. The highest BCUT2D eigenvalue weighted by atomic mass is 127. The molecule has 6 heteroatoms. The summed E-state index contributed by atoms with van der Waals surface area (Å²) in [5, 5.41) is 7.11. The molecule has 0 aromatic rings. The summed E-state index contributed by atoms with van der Waals surface area (Å²) in [5.74, 6) is 1.02. The number of hydrogen-bond acceptors (Lipinski definition) is 3. The number of nitrogens with one attached hydrogen (secondary N) is 2. The molecule has 1 aliphatic carbocycles. The van der Waals surface area contributed by atoms with Gasteiger partial charge in [-0.2, -0.15) is 0 Å². The largest absolute Gasteiger partial charge is 0.357 e. The fourth-order valence-corrected chi connectivity index (χ4v) is 4.20. The van der Waals surface area contributed by atoms with Gasteiger partial charge in [0.15, 0.2) is 5.96 Å². The van der Waals surface area contributed by atoms with Crippen molar-refractivity contribution in [2.45, 2.75) is 77.8 Å². The number of likely N-dealkylation sites (tertiary alicyclic amines) is 1. The van der Waals surface area contributed by atoms with Crippen LogP contribution >= 0.6 is 24.0 Å². The van der Waals surface area contributed by atoms with Crippen molar-refractivity contribution in [2.75, 3.05) is 45.8 Å². The SMILES string of the molecule is CCNC(=NCCCCN(CC)CC)NC1CCN(C2CCCC2)C1.I. The van der Waals surface area contributed by atoms with Gasteiger partial charge in [0.1, 0.15) is 0 Å². The van der Waals surface area contributed by atoms with E-state index in [1.54, 1.807) is 0 Å². The first kappa shape index (κ1) is 24.0. The van der Waals surface area contributed by atoms with Crippen LogP contribution in [0.3, 0.4) is 0 Å². The molecule has 2 N–H and O–H groups in total. The third-order valence-electron chi connectivity index (χ3n) is 5.79. The molecule has 2 fully saturated rings. The molecule has 1 unspecified atom stereocenters. The summed E-state index contributed by atoms with van der Waals surface area (Å²) >= 11 is 0. The van der Waals surface area contributed by atoms with Gasteiger partial charge in [-0.1, -0.05) is 26.7 Å². The standard InChI is InChI=1S/C20H41N5.HI/c1-4-21-20(22-14-9-10-15-24(5-2)6-3)23-18-13-16-25(17-18)19-11-7-8-12-19;/h18-19H,4-17H2,1-3H3,(H2,21,22,23);1H. The van der Waals surface area contributed by atoms with E-state index < -0.39 is 0 Å². The van der Waals surface area contributed by atoms with Crippen LogP contribution in [0.1, 0.15) is 65.7 Å². The maximum Gasteiger partial charge on any atom is 0.191 e. The molecule has 26 heavy (non-hydrogen) atoms. The highest BCUT2D eigenvalue weighted by Crippen LogP contribution is 2.26. The number of nitrogens with zero attached hydrogens (tertiary/aromatic N) is 3. The van der Waals surface area contributed by atoms with Gasteiger partial charge in [-0.15, -0.1) is 24.0 Å². The van der Waals surface area contributed by atoms with Crippen LogP contribution in [0.2, 0.25) is 0 Å². The number of unbranched alkanes of at least 4 members (excludes halogenated alkanes) is 1. The summed E-state index contributed by atoms with van der Waals surface area (Å²) in [6, 6.07) is 1.42. The number of aliphatic imine (C=N–C) groups is 1. The van der Waals surface area contributed by atoms with Crippen LogP contribution in [-0.2, 0) is 0 Å². The average molecular weight is 479 g/mol. The molecule has 2 rings (SSSR count). The van der Waals surface area contributed by atoms with E-state index >= 15 is 0 Å². The molecule has 0 bridgehead atoms. The van der Waals surface area contributed by atoms with Gasteiger partial charge >= 0.3 is 0 Å². The molecule has 1 aliphatic heterocycles. The molecule has 0 radical (unpaired) electrons. The zero-order valence-electron chi connectivity index (χ0n) is 17.3. The van der Waals surface area contributed by atoms with Crippen LogP contribution < -0.4 is 10.6 Å². The minimum atomic E-state index is 0. The highest BCUT2D eigenvalue weighted by Gasteiger charge is 2.30. The van der Waals surface area contributed by atoms with E-state index in [0.29, 0.717) is 6.04 Å². The first-order chi connectivity index (χ1) is 12.3. The van der Waals surface area contributed by atoms with Crippen LogP contribution in [0.15, 0.2) is 4.99 Å². The highest BCUT2D eigenvalue weighted by molar-refractivity contribution is 14.0. The lowest BCUT2D eigenvalue weighted by Gasteiger charge is -2.24. The zero-order chi connectivity index (χ0) is 17.9. The quantitative estimate of drug-likeness (QED) is 0.219. The number of rotatable bonds is 10. The number of hydrogen-bond donors (Lipinski definition) is 2. The minimum Gasteiger partial charge on any atom is -0.357 e. The second-order valence-electron chi connectivity index (χ2n) is 7.56. The predicted molar refractivity (Wildman–Crippen MR) is 124 cm³/mol. The normalized spacial score (nSPS) is 22.0. The van der Waals surface area contributed by atoms with Crippen LogP contribution in [0, 0.1) is 0 Å². The van der Waals surface area contributed by atoms with E-state index in [9.17, 15) is 0 Å². The fraction of sp³-hybridized carbons (Fsp3) is 0.950. The van der Waals surface area contributed by atoms with Crippen molar-refractivity contribution < 1.29 is 0 Å². The molecular weight excluding hydrogens is 437 g/mol. The molecule has 1 atom stereocenters. The third kappa shape index (κ3) is 8.30. The van der Waals surface area contributed by atoms with Gasteiger partial charge in [0, 0.05) is 38.3 Å². The Balaban J connectivity index is 0.00000338. The first-order valence-electron chi connectivity index (χ1n) is 10.8. The van der Waals surface area contributed by atoms with Gasteiger partial charge in [0.05, 0.1) is 0 Å². The Kier molecular flexibility index (Phi) is 12.9. The summed E-state index contributed by atoms with van der Waals surface area (Å²) < 4.78 is 0. The molecule has 5 nitrogen and oxygen atoms in total. The third-order valence-corrected chi connectivity index (χ3v) is 5.79. The Morgan fingerprint density at radius 2 is 1.81 bits per heavy atom. The molecule has 0 aromatic carbocycles. The van der Waals surface area contributed by atoms with Crippen molar-refractivity contribution in [1.29, 1.82) is 0 Å². The number of halogens is 1. The van der Waals surface area contributed by atoms with E-state index in [4.69, 9.17) is 4.99 Å². The van der Waals surface area contributed by atoms with Gasteiger partial charge in [0.2, 0.25) is 0 Å². The van der Waals surface area contributed by atoms with Gasteiger partial charge in [-0.3, -0.25) is 9.89 Å². The predicted octanol–water partition coefficient (Wildman–Crippen LogP) is 3.30. The van der Waals surface area contributed by atoms with E-state index in [-0.39, 0.29) is 24.0 Å². The molecule has 1 saturated carbocycles. The second kappa shape index (κ2) is 14.0. The second-order valence-corrected chi connectivity index (χ2v) is 7.56. The van der Waals surface area contributed by atoms with Gasteiger partial charge < -0.3 is 15.5 Å². The molecule has 1 heterocycles. The lowest BCUT2D eigenvalue weighted by molar-refractivity contribution is 0.242. The Morgan fingerprint density at radius 1 is 1.08 bits per heavy atom. The summed E-state index contributed by atoms with van der Waals surface area (Å²) in [5.41, 5.74) is 0. The van der Waals surface area contributed by atoms with Gasteiger partial charge in [-0.25, -0.2) is 0 Å². The maximum atomic E-state index is 4.81. The monoisotopic (exact) mass is 479 g/mol. The van der Waals surface area contributed by atoms with Crippen LogP contribution in [-0.4, -0.2) is 73.7 Å². The lowest BCUT2D eigenvalue weighted by Crippen LogP contribution is -2.45. The van der Waals surface area contributed by atoms with Crippen LogP contribution in [0.25, 0.3) is 0 Å². The fourth-order valence-electron chi connectivity index (χ4n) is 4.20. The van der Waals surface area contributed by atoms with Crippen LogP contribution in [0.4, 0.5) is 0 Å². The van der Waals surface area contributed by atoms with Gasteiger partial charge in [0.25, 0.3) is 0 Å². The number of guanidine groups is 1. The molecule has 0 aromatic heterocycles. The molecular formula is C20H42IN5. The molecule has 1 saturated heterocycles. The first-order valence-corrected chi connectivity index (χ1v) is 10.8. The van der Waals surface area contributed by atoms with Crippen molar-refractivity contribution >= 4 is 29.9 Å². The van der Waals surface area contributed by atoms with Crippen molar-refractivity contribution in [2.24, 2.45) is 4.99 Å². The van der Waals surface area contributed by atoms with Crippen LogP contribution in [0.5, 0.6) is 0 Å². The van der Waals surface area contributed by atoms with E-state index in [2.05, 4.69) is 41.2 Å². The van der Waals surface area contributed by atoms with Crippen molar-refractivity contribution in [1.82, 2.24) is 20.4 Å². The van der Waals surface area contributed by atoms with E-state index in [1.165, 1.54) is 64.6 Å².